The van der Waals surface area contributed by atoms with Crippen LogP contribution in [0.1, 0.15) is 12.0 Å². The summed E-state index contributed by atoms with van der Waals surface area (Å²) in [5.41, 5.74) is 4.52. The number of carbonyl (C=O) groups is 1. The Morgan fingerprint density at radius 1 is 1.03 bits per heavy atom. The Morgan fingerprint density at radius 2 is 1.79 bits per heavy atom. The molecule has 4 rings (SSSR count). The van der Waals surface area contributed by atoms with Crippen molar-refractivity contribution in [2.24, 2.45) is 5.10 Å². The molecule has 0 fully saturated rings. The molecule has 1 aliphatic rings. The Bertz CT molecular complexity index is 1050. The standard InChI is InChI=1S/C23H20ClN3O2/c1-29-22-15-19(11-12-20(22)16-5-3-2-4-6-16)25-23(28)27-14-13-21(26-27)17-7-9-18(24)10-8-17/h2-12,15H,13-14H2,1H3,(H,25,28). The molecule has 0 radical (unpaired) electrons. The number of rotatable bonds is 4. The molecule has 3 aromatic rings. The van der Waals surface area contributed by atoms with Gasteiger partial charge in [-0.25, -0.2) is 9.80 Å². The van der Waals surface area contributed by atoms with Crippen molar-refractivity contribution in [3.05, 3.63) is 83.4 Å². The van der Waals surface area contributed by atoms with Crippen LogP contribution in [0, 0.1) is 0 Å². The van der Waals surface area contributed by atoms with Gasteiger partial charge in [0.1, 0.15) is 5.75 Å². The van der Waals surface area contributed by atoms with Crippen LogP contribution in [0.5, 0.6) is 5.75 Å². The Labute approximate surface area is 174 Å². The monoisotopic (exact) mass is 405 g/mol. The average molecular weight is 406 g/mol. The topological polar surface area (TPSA) is 53.9 Å². The molecule has 29 heavy (non-hydrogen) atoms. The Balaban J connectivity index is 1.49. The summed E-state index contributed by atoms with van der Waals surface area (Å²) in [7, 11) is 1.62. The number of amides is 2. The maximum Gasteiger partial charge on any atom is 0.342 e. The number of halogens is 1. The molecule has 0 spiro atoms. The highest BCUT2D eigenvalue weighted by atomic mass is 35.5. The van der Waals surface area contributed by atoms with Crippen LogP contribution in [-0.2, 0) is 0 Å². The van der Waals surface area contributed by atoms with E-state index in [1.54, 1.807) is 7.11 Å². The highest BCUT2D eigenvalue weighted by Crippen LogP contribution is 2.32. The van der Waals surface area contributed by atoms with Crippen molar-refractivity contribution in [1.29, 1.82) is 0 Å². The second-order valence-corrected chi connectivity index (χ2v) is 7.07. The normalized spacial score (nSPS) is 13.2. The summed E-state index contributed by atoms with van der Waals surface area (Å²) in [6.07, 6.45) is 0.700. The molecular formula is C23H20ClN3O2. The minimum absolute atomic E-state index is 0.275. The van der Waals surface area contributed by atoms with E-state index in [-0.39, 0.29) is 6.03 Å². The number of hydrogen-bond acceptors (Lipinski definition) is 3. The minimum Gasteiger partial charge on any atom is -0.496 e. The van der Waals surface area contributed by atoms with Crippen molar-refractivity contribution in [3.8, 4) is 16.9 Å². The number of urea groups is 1. The van der Waals surface area contributed by atoms with Gasteiger partial charge < -0.3 is 10.1 Å². The molecule has 3 aromatic carbocycles. The molecule has 1 N–H and O–H groups in total. The number of benzene rings is 3. The van der Waals surface area contributed by atoms with E-state index < -0.39 is 0 Å². The van der Waals surface area contributed by atoms with Crippen molar-refractivity contribution in [2.45, 2.75) is 6.42 Å². The second kappa shape index (κ2) is 8.37. The highest BCUT2D eigenvalue weighted by Gasteiger charge is 2.22. The first-order valence-electron chi connectivity index (χ1n) is 9.29. The van der Waals surface area contributed by atoms with E-state index in [1.165, 1.54) is 5.01 Å². The zero-order valence-electron chi connectivity index (χ0n) is 15.9. The lowest BCUT2D eigenvalue weighted by atomic mass is 10.0. The fourth-order valence-electron chi connectivity index (χ4n) is 3.26. The first-order chi connectivity index (χ1) is 14.1. The first-order valence-corrected chi connectivity index (χ1v) is 9.67. The van der Waals surface area contributed by atoms with E-state index >= 15 is 0 Å². The van der Waals surface area contributed by atoms with Crippen LogP contribution in [0.3, 0.4) is 0 Å². The lowest BCUT2D eigenvalue weighted by molar-refractivity contribution is 0.219. The molecule has 0 saturated carbocycles. The largest absolute Gasteiger partial charge is 0.496 e. The van der Waals surface area contributed by atoms with Gasteiger partial charge in [0.15, 0.2) is 0 Å². The quantitative estimate of drug-likeness (QED) is 0.609. The third kappa shape index (κ3) is 4.25. The summed E-state index contributed by atoms with van der Waals surface area (Å²) in [5.74, 6) is 0.695. The Kier molecular flexibility index (Phi) is 5.49. The van der Waals surface area contributed by atoms with E-state index in [1.807, 2.05) is 72.8 Å². The van der Waals surface area contributed by atoms with Crippen LogP contribution in [0.25, 0.3) is 11.1 Å². The predicted octanol–water partition coefficient (Wildman–Crippen LogP) is 5.66. The average Bonchev–Trinajstić information content (AvgIpc) is 3.25. The maximum absolute atomic E-state index is 12.6. The molecule has 5 nitrogen and oxygen atoms in total. The van der Waals surface area contributed by atoms with Gasteiger partial charge in [-0.1, -0.05) is 54.1 Å². The summed E-state index contributed by atoms with van der Waals surface area (Å²) in [5, 5.41) is 9.47. The smallest absolute Gasteiger partial charge is 0.342 e. The molecule has 0 aliphatic carbocycles. The van der Waals surface area contributed by atoms with Crippen molar-refractivity contribution in [1.82, 2.24) is 5.01 Å². The van der Waals surface area contributed by atoms with Crippen molar-refractivity contribution in [3.63, 3.8) is 0 Å². The van der Waals surface area contributed by atoms with Crippen LogP contribution in [-0.4, -0.2) is 30.4 Å². The van der Waals surface area contributed by atoms with Gasteiger partial charge in [0.05, 0.1) is 19.4 Å². The molecule has 146 valence electrons. The summed E-state index contributed by atoms with van der Waals surface area (Å²) in [4.78, 5) is 12.6. The number of ether oxygens (including phenoxy) is 1. The lowest BCUT2D eigenvalue weighted by Crippen LogP contribution is -2.28. The molecule has 2 amide bonds. The summed E-state index contributed by atoms with van der Waals surface area (Å²) in [6.45, 7) is 0.531. The van der Waals surface area contributed by atoms with Gasteiger partial charge in [0, 0.05) is 28.8 Å². The van der Waals surface area contributed by atoms with Crippen LogP contribution < -0.4 is 10.1 Å². The molecule has 0 aromatic heterocycles. The van der Waals surface area contributed by atoms with Crippen LogP contribution in [0.15, 0.2) is 77.9 Å². The number of nitrogens with zero attached hydrogens (tertiary/aromatic N) is 2. The van der Waals surface area contributed by atoms with Gasteiger partial charge in [-0.3, -0.25) is 0 Å². The molecule has 0 bridgehead atoms. The van der Waals surface area contributed by atoms with Crippen LogP contribution in [0.4, 0.5) is 10.5 Å². The van der Waals surface area contributed by atoms with Crippen LogP contribution >= 0.6 is 11.6 Å². The van der Waals surface area contributed by atoms with E-state index in [4.69, 9.17) is 16.3 Å². The highest BCUT2D eigenvalue weighted by molar-refractivity contribution is 6.30. The van der Waals surface area contributed by atoms with Crippen molar-refractivity contribution < 1.29 is 9.53 Å². The Morgan fingerprint density at radius 3 is 2.52 bits per heavy atom. The van der Waals surface area contributed by atoms with Gasteiger partial charge in [0.2, 0.25) is 0 Å². The molecule has 1 heterocycles. The summed E-state index contributed by atoms with van der Waals surface area (Å²) in [6, 6.07) is 22.8. The predicted molar refractivity (Wildman–Crippen MR) is 117 cm³/mol. The molecule has 6 heteroatoms. The summed E-state index contributed by atoms with van der Waals surface area (Å²) >= 11 is 5.94. The number of methoxy groups -OCH3 is 1. The van der Waals surface area contributed by atoms with Gasteiger partial charge in [0.25, 0.3) is 0 Å². The summed E-state index contributed by atoms with van der Waals surface area (Å²) < 4.78 is 5.53. The molecule has 0 unspecified atom stereocenters. The molecular weight excluding hydrogens is 386 g/mol. The first kappa shape index (κ1) is 19.0. The maximum atomic E-state index is 12.6. The zero-order chi connectivity index (χ0) is 20.2. The fourth-order valence-corrected chi connectivity index (χ4v) is 3.39. The van der Waals surface area contributed by atoms with E-state index in [9.17, 15) is 4.79 Å². The number of anilines is 1. The molecule has 0 saturated heterocycles. The lowest BCUT2D eigenvalue weighted by Gasteiger charge is -2.15. The van der Waals surface area contributed by atoms with Crippen molar-refractivity contribution >= 4 is 29.0 Å². The van der Waals surface area contributed by atoms with Gasteiger partial charge in [-0.2, -0.15) is 5.10 Å². The SMILES string of the molecule is COc1cc(NC(=O)N2CCC(c3ccc(Cl)cc3)=N2)ccc1-c1ccccc1. The second-order valence-electron chi connectivity index (χ2n) is 6.64. The number of hydrazone groups is 1. The van der Waals surface area contributed by atoms with Crippen LogP contribution in [0.2, 0.25) is 5.02 Å². The minimum atomic E-state index is -0.275. The third-order valence-corrected chi connectivity index (χ3v) is 5.00. The van der Waals surface area contributed by atoms with E-state index in [2.05, 4.69) is 10.4 Å². The van der Waals surface area contributed by atoms with Gasteiger partial charge in [-0.05, 0) is 35.4 Å². The van der Waals surface area contributed by atoms with E-state index in [0.29, 0.717) is 29.4 Å². The van der Waals surface area contributed by atoms with Gasteiger partial charge >= 0.3 is 6.03 Å². The molecule has 0 atom stereocenters. The third-order valence-electron chi connectivity index (χ3n) is 4.75. The number of hydrogen-bond donors (Lipinski definition) is 1. The van der Waals surface area contributed by atoms with E-state index in [0.717, 1.165) is 22.4 Å². The van der Waals surface area contributed by atoms with Gasteiger partial charge in [-0.15, -0.1) is 0 Å². The Hall–Kier alpha value is -3.31. The fraction of sp³-hybridized carbons (Fsp3) is 0.130. The van der Waals surface area contributed by atoms with Crippen molar-refractivity contribution in [2.75, 3.05) is 19.0 Å². The zero-order valence-corrected chi connectivity index (χ0v) is 16.7. The molecule has 1 aliphatic heterocycles. The number of carbonyl (C=O) groups excluding carboxylic acids is 1. The number of nitrogens with one attached hydrogen (secondary N) is 1.